The monoisotopic (exact) mass is 214 g/mol. The van der Waals surface area contributed by atoms with Crippen LogP contribution in [0.25, 0.3) is 5.57 Å². The van der Waals surface area contributed by atoms with Crippen LogP contribution in [-0.2, 0) is 4.79 Å². The molecule has 0 radical (unpaired) electrons. The summed E-state index contributed by atoms with van der Waals surface area (Å²) in [5.74, 6) is 0. The Morgan fingerprint density at radius 2 is 2.06 bits per heavy atom. The molecule has 1 aromatic carbocycles. The Bertz CT molecular complexity index is 427. The van der Waals surface area contributed by atoms with Crippen molar-refractivity contribution < 1.29 is 9.90 Å². The molecule has 1 N–H and O–H groups in total. The minimum absolute atomic E-state index is 0.137. The van der Waals surface area contributed by atoms with Gasteiger partial charge in [0.25, 0.3) is 0 Å². The van der Waals surface area contributed by atoms with Crippen LogP contribution in [-0.4, -0.2) is 17.0 Å². The van der Waals surface area contributed by atoms with Crippen LogP contribution in [0, 0.1) is 0 Å². The van der Waals surface area contributed by atoms with Gasteiger partial charge in [0, 0.05) is 6.42 Å². The third-order valence-corrected chi connectivity index (χ3v) is 2.86. The molecule has 0 spiro atoms. The topological polar surface area (TPSA) is 37.3 Å². The number of hydrogen-bond donors (Lipinski definition) is 1. The Balaban J connectivity index is 2.40. The van der Waals surface area contributed by atoms with Crippen LogP contribution in [0.4, 0.5) is 0 Å². The van der Waals surface area contributed by atoms with Crippen molar-refractivity contribution in [3.63, 3.8) is 0 Å². The highest BCUT2D eigenvalue weighted by atomic mass is 16.3. The Kier molecular flexibility index (Phi) is 3.02. The smallest absolute Gasteiger partial charge is 0.123 e. The highest BCUT2D eigenvalue weighted by Gasteiger charge is 2.32. The van der Waals surface area contributed by atoms with Crippen LogP contribution < -0.4 is 0 Å². The Hall–Kier alpha value is -1.67. The third-order valence-electron chi connectivity index (χ3n) is 2.86. The van der Waals surface area contributed by atoms with Gasteiger partial charge in [0.15, 0.2) is 0 Å². The minimum Gasteiger partial charge on any atom is -0.384 e. The van der Waals surface area contributed by atoms with E-state index in [2.05, 4.69) is 0 Å². The fourth-order valence-corrected chi connectivity index (χ4v) is 2.01. The van der Waals surface area contributed by atoms with Crippen molar-refractivity contribution in [2.45, 2.75) is 18.4 Å². The number of rotatable bonds is 3. The predicted octanol–water partition coefficient (Wildman–Crippen LogP) is 2.35. The summed E-state index contributed by atoms with van der Waals surface area (Å²) in [5, 5.41) is 10.4. The maximum atomic E-state index is 10.6. The van der Waals surface area contributed by atoms with Crippen molar-refractivity contribution in [2.24, 2.45) is 0 Å². The Morgan fingerprint density at radius 3 is 2.75 bits per heavy atom. The van der Waals surface area contributed by atoms with Crippen LogP contribution in [0.2, 0.25) is 0 Å². The highest BCUT2D eigenvalue weighted by molar-refractivity contribution is 5.77. The molecule has 1 atom stereocenters. The molecule has 2 nitrogen and oxygen atoms in total. The second-order valence-corrected chi connectivity index (χ2v) is 3.98. The molecule has 1 aliphatic carbocycles. The first-order valence-electron chi connectivity index (χ1n) is 5.35. The maximum Gasteiger partial charge on any atom is 0.123 e. The van der Waals surface area contributed by atoms with E-state index in [0.29, 0.717) is 6.42 Å². The van der Waals surface area contributed by atoms with Crippen LogP contribution >= 0.6 is 0 Å². The van der Waals surface area contributed by atoms with Crippen molar-refractivity contribution in [3.8, 4) is 0 Å². The normalized spacial score (nSPS) is 23.9. The van der Waals surface area contributed by atoms with Crippen molar-refractivity contribution in [3.05, 3.63) is 54.1 Å². The Labute approximate surface area is 94.9 Å². The standard InChI is InChI=1S/C14H14O2/c15-11-10-14(16)9-5-4-8-13(14)12-6-2-1-3-7-12/h1-8,11,16H,9-10H2. The molecule has 0 saturated carbocycles. The van der Waals surface area contributed by atoms with E-state index in [4.69, 9.17) is 0 Å². The largest absolute Gasteiger partial charge is 0.384 e. The average Bonchev–Trinajstić information content (AvgIpc) is 2.31. The van der Waals surface area contributed by atoms with E-state index in [-0.39, 0.29) is 6.42 Å². The fraction of sp³-hybridized carbons (Fsp3) is 0.214. The van der Waals surface area contributed by atoms with Gasteiger partial charge in [-0.2, -0.15) is 0 Å². The second-order valence-electron chi connectivity index (χ2n) is 3.98. The van der Waals surface area contributed by atoms with Gasteiger partial charge in [0.2, 0.25) is 0 Å². The fourth-order valence-electron chi connectivity index (χ4n) is 2.01. The lowest BCUT2D eigenvalue weighted by molar-refractivity contribution is -0.110. The summed E-state index contributed by atoms with van der Waals surface area (Å²) < 4.78 is 0. The van der Waals surface area contributed by atoms with Gasteiger partial charge in [0.05, 0.1) is 0 Å². The van der Waals surface area contributed by atoms with E-state index in [9.17, 15) is 9.90 Å². The lowest BCUT2D eigenvalue weighted by Crippen LogP contribution is -2.31. The molecule has 2 rings (SSSR count). The number of benzene rings is 1. The van der Waals surface area contributed by atoms with Crippen molar-refractivity contribution >= 4 is 11.9 Å². The van der Waals surface area contributed by atoms with Gasteiger partial charge in [-0.25, -0.2) is 0 Å². The first kappa shape index (κ1) is 10.8. The van der Waals surface area contributed by atoms with Crippen molar-refractivity contribution in [1.82, 2.24) is 0 Å². The van der Waals surface area contributed by atoms with Gasteiger partial charge in [-0.1, -0.05) is 48.6 Å². The molecule has 1 aliphatic rings. The molecule has 0 saturated heterocycles. The molecular formula is C14H14O2. The minimum atomic E-state index is -1.04. The first-order valence-corrected chi connectivity index (χ1v) is 5.35. The lowest BCUT2D eigenvalue weighted by atomic mass is 9.80. The number of aliphatic hydroxyl groups is 1. The molecule has 2 heteroatoms. The zero-order valence-electron chi connectivity index (χ0n) is 8.97. The van der Waals surface area contributed by atoms with Gasteiger partial charge in [-0.15, -0.1) is 0 Å². The van der Waals surface area contributed by atoms with Crippen molar-refractivity contribution in [2.75, 3.05) is 0 Å². The third kappa shape index (κ3) is 1.97. The average molecular weight is 214 g/mol. The van der Waals surface area contributed by atoms with Gasteiger partial charge in [0.1, 0.15) is 11.9 Å². The summed E-state index contributed by atoms with van der Waals surface area (Å²) in [6, 6.07) is 9.68. The van der Waals surface area contributed by atoms with Gasteiger partial charge in [-0.3, -0.25) is 0 Å². The van der Waals surface area contributed by atoms with Crippen LogP contribution in [0.5, 0.6) is 0 Å². The number of carbonyl (C=O) groups is 1. The van der Waals surface area contributed by atoms with E-state index in [1.54, 1.807) is 0 Å². The van der Waals surface area contributed by atoms with E-state index in [1.165, 1.54) is 0 Å². The van der Waals surface area contributed by atoms with Crippen LogP contribution in [0.15, 0.2) is 48.6 Å². The quantitative estimate of drug-likeness (QED) is 0.784. The van der Waals surface area contributed by atoms with Crippen LogP contribution in [0.1, 0.15) is 18.4 Å². The molecule has 0 heterocycles. The summed E-state index contributed by atoms with van der Waals surface area (Å²) >= 11 is 0. The molecular weight excluding hydrogens is 200 g/mol. The highest BCUT2D eigenvalue weighted by Crippen LogP contribution is 2.35. The molecule has 1 unspecified atom stereocenters. The van der Waals surface area contributed by atoms with Crippen LogP contribution in [0.3, 0.4) is 0 Å². The summed E-state index contributed by atoms with van der Waals surface area (Å²) in [7, 11) is 0. The predicted molar refractivity (Wildman–Crippen MR) is 63.8 cm³/mol. The zero-order chi connectivity index (χ0) is 11.4. The van der Waals surface area contributed by atoms with E-state index in [1.807, 2.05) is 48.6 Å². The Morgan fingerprint density at radius 1 is 1.31 bits per heavy atom. The number of carbonyl (C=O) groups excluding carboxylic acids is 1. The zero-order valence-corrected chi connectivity index (χ0v) is 8.97. The van der Waals surface area contributed by atoms with E-state index < -0.39 is 5.60 Å². The number of aldehydes is 1. The second kappa shape index (κ2) is 4.45. The van der Waals surface area contributed by atoms with Gasteiger partial charge in [-0.05, 0) is 17.6 Å². The molecule has 0 amide bonds. The lowest BCUT2D eigenvalue weighted by Gasteiger charge is -2.30. The summed E-state index contributed by atoms with van der Waals surface area (Å²) in [6.07, 6.45) is 7.08. The molecule has 1 aromatic rings. The molecule has 0 fully saturated rings. The van der Waals surface area contributed by atoms with Crippen molar-refractivity contribution in [1.29, 1.82) is 0 Å². The summed E-state index contributed by atoms with van der Waals surface area (Å²) in [4.78, 5) is 10.6. The summed E-state index contributed by atoms with van der Waals surface area (Å²) in [5.41, 5.74) is 0.747. The van der Waals surface area contributed by atoms with E-state index >= 15 is 0 Å². The molecule has 0 aliphatic heterocycles. The first-order chi connectivity index (χ1) is 7.76. The maximum absolute atomic E-state index is 10.6. The molecule has 82 valence electrons. The molecule has 0 bridgehead atoms. The number of allylic oxidation sites excluding steroid dienone is 2. The van der Waals surface area contributed by atoms with Gasteiger partial charge < -0.3 is 9.90 Å². The number of hydrogen-bond acceptors (Lipinski definition) is 2. The molecule has 16 heavy (non-hydrogen) atoms. The molecule has 0 aromatic heterocycles. The summed E-state index contributed by atoms with van der Waals surface area (Å²) in [6.45, 7) is 0. The van der Waals surface area contributed by atoms with E-state index in [0.717, 1.165) is 17.4 Å². The van der Waals surface area contributed by atoms with Gasteiger partial charge >= 0.3 is 0 Å². The SMILES string of the molecule is O=CCC1(O)CC=CC=C1c1ccccc1.